The summed E-state index contributed by atoms with van der Waals surface area (Å²) in [6.45, 7) is 3.08. The zero-order valence-corrected chi connectivity index (χ0v) is 25.7. The van der Waals surface area contributed by atoms with E-state index in [0.29, 0.717) is 52.9 Å². The molecule has 1 spiro atoms. The number of anilines is 1. The number of ether oxygens (including phenoxy) is 1. The molecular formula is C32H35N9O2S. The third kappa shape index (κ3) is 4.53. The van der Waals surface area contributed by atoms with E-state index < -0.39 is 5.41 Å². The van der Waals surface area contributed by atoms with E-state index in [1.807, 2.05) is 22.9 Å². The van der Waals surface area contributed by atoms with Crippen molar-refractivity contribution in [3.05, 3.63) is 63.8 Å². The molecule has 1 saturated heterocycles. The number of nitrogens with one attached hydrogen (secondary N) is 1. The van der Waals surface area contributed by atoms with Crippen LogP contribution in [-0.4, -0.2) is 66.2 Å². The van der Waals surface area contributed by atoms with Gasteiger partial charge in [0.1, 0.15) is 34.5 Å². The maximum Gasteiger partial charge on any atom is 0.219 e. The van der Waals surface area contributed by atoms with Crippen molar-refractivity contribution in [2.24, 2.45) is 0 Å². The number of aliphatic hydroxyl groups is 1. The van der Waals surface area contributed by atoms with Crippen LogP contribution >= 0.6 is 11.3 Å². The van der Waals surface area contributed by atoms with Crippen molar-refractivity contribution in [2.75, 3.05) is 19.3 Å². The number of likely N-dealkylation sites (tertiary alicyclic amines) is 1. The molecule has 0 unspecified atom stereocenters. The molecular weight excluding hydrogens is 574 g/mol. The highest BCUT2D eigenvalue weighted by atomic mass is 32.1. The molecule has 3 atom stereocenters. The Kier molecular flexibility index (Phi) is 7.10. The molecule has 5 heterocycles. The second-order valence-corrected chi connectivity index (χ2v) is 13.3. The number of aromatic nitrogens is 5. The van der Waals surface area contributed by atoms with Crippen molar-refractivity contribution in [2.45, 2.75) is 75.9 Å². The first-order valence-electron chi connectivity index (χ1n) is 15.2. The van der Waals surface area contributed by atoms with E-state index in [1.165, 1.54) is 11.3 Å². The van der Waals surface area contributed by atoms with Gasteiger partial charge in [-0.15, -0.1) is 16.4 Å². The molecule has 2 aliphatic carbocycles. The number of likely N-dealkylation sites (N-methyl/N-ethyl adjacent to an activating group) is 1. The Morgan fingerprint density at radius 3 is 2.86 bits per heavy atom. The fourth-order valence-corrected chi connectivity index (χ4v) is 8.65. The third-order valence-electron chi connectivity index (χ3n) is 9.61. The number of pyridine rings is 1. The summed E-state index contributed by atoms with van der Waals surface area (Å²) >= 11 is 1.45. The summed E-state index contributed by atoms with van der Waals surface area (Å²) in [5.41, 5.74) is 8.25. The van der Waals surface area contributed by atoms with Gasteiger partial charge in [-0.3, -0.25) is 14.9 Å². The molecule has 0 bridgehead atoms. The molecule has 2 aromatic rings. The van der Waals surface area contributed by atoms with Crippen LogP contribution in [0.5, 0.6) is 5.88 Å². The van der Waals surface area contributed by atoms with Gasteiger partial charge in [-0.2, -0.15) is 15.3 Å². The van der Waals surface area contributed by atoms with Crippen LogP contribution in [0.3, 0.4) is 0 Å². The number of nitrogens with zero attached hydrogens (tertiary/aromatic N) is 7. The number of aliphatic hydroxyl groups excluding tert-OH is 1. The lowest BCUT2D eigenvalue weighted by Gasteiger charge is -2.41. The van der Waals surface area contributed by atoms with Gasteiger partial charge in [0, 0.05) is 34.3 Å². The summed E-state index contributed by atoms with van der Waals surface area (Å²) < 4.78 is 8.27. The minimum absolute atomic E-state index is 0.0501. The molecule has 44 heavy (non-hydrogen) atoms. The number of hydrogen-bond donors (Lipinski definition) is 3. The van der Waals surface area contributed by atoms with Crippen LogP contribution in [0, 0.1) is 16.7 Å². The quantitative estimate of drug-likeness (QED) is 0.250. The summed E-state index contributed by atoms with van der Waals surface area (Å²) in [7, 11) is 2.11. The van der Waals surface area contributed by atoms with Crippen molar-refractivity contribution in [3.63, 3.8) is 0 Å². The van der Waals surface area contributed by atoms with Gasteiger partial charge in [-0.25, -0.2) is 4.98 Å². The Morgan fingerprint density at radius 2 is 2.09 bits per heavy atom. The highest BCUT2D eigenvalue weighted by Gasteiger charge is 2.47. The van der Waals surface area contributed by atoms with Crippen molar-refractivity contribution in [3.8, 4) is 29.2 Å². The number of rotatable bonds is 6. The number of aryl methyl sites for hydroxylation is 1. The average Bonchev–Trinajstić information content (AvgIpc) is 3.76. The average molecular weight is 610 g/mol. The Bertz CT molecular complexity index is 1800. The van der Waals surface area contributed by atoms with Crippen LogP contribution in [0.4, 0.5) is 5.00 Å². The fourth-order valence-electron chi connectivity index (χ4n) is 7.48. The predicted molar refractivity (Wildman–Crippen MR) is 168 cm³/mol. The molecule has 12 heteroatoms. The maximum atomic E-state index is 12.0. The second-order valence-electron chi connectivity index (χ2n) is 12.1. The molecule has 3 aliphatic heterocycles. The summed E-state index contributed by atoms with van der Waals surface area (Å²) in [5.74, 6) is 1.78. The van der Waals surface area contributed by atoms with Crippen LogP contribution in [0.1, 0.15) is 73.7 Å². The van der Waals surface area contributed by atoms with Gasteiger partial charge >= 0.3 is 0 Å². The van der Waals surface area contributed by atoms with Crippen molar-refractivity contribution >= 4 is 22.0 Å². The van der Waals surface area contributed by atoms with Crippen LogP contribution < -0.4 is 10.5 Å². The van der Waals surface area contributed by atoms with Gasteiger partial charge in [0.15, 0.2) is 11.6 Å². The maximum absolute atomic E-state index is 12.0. The number of nitriles is 1. The first kappa shape index (κ1) is 28.4. The molecule has 0 amide bonds. The molecule has 7 rings (SSSR count). The lowest BCUT2D eigenvalue weighted by Crippen LogP contribution is -2.38. The van der Waals surface area contributed by atoms with Crippen LogP contribution in [0.25, 0.3) is 17.2 Å². The van der Waals surface area contributed by atoms with Crippen molar-refractivity contribution in [1.82, 2.24) is 29.6 Å². The number of nitrogen functional groups attached to an aromatic ring is 1. The minimum atomic E-state index is -0.740. The lowest BCUT2D eigenvalue weighted by atomic mass is 9.63. The Morgan fingerprint density at radius 1 is 1.27 bits per heavy atom. The topological polar surface area (TPSA) is 163 Å². The summed E-state index contributed by atoms with van der Waals surface area (Å²) in [4.78, 5) is 12.9. The van der Waals surface area contributed by atoms with E-state index in [4.69, 9.17) is 20.4 Å². The van der Waals surface area contributed by atoms with Gasteiger partial charge in [-0.05, 0) is 89.6 Å². The van der Waals surface area contributed by atoms with Gasteiger partial charge in [0.25, 0.3) is 0 Å². The Balaban J connectivity index is 1.33. The van der Waals surface area contributed by atoms with E-state index in [1.54, 1.807) is 12.3 Å². The summed E-state index contributed by atoms with van der Waals surface area (Å²) in [6, 6.07) is 8.16. The molecule has 4 N–H and O–H groups in total. The molecule has 2 aromatic heterocycles. The van der Waals surface area contributed by atoms with Gasteiger partial charge in [0.2, 0.25) is 5.88 Å². The van der Waals surface area contributed by atoms with Gasteiger partial charge in [0.05, 0.1) is 17.2 Å². The van der Waals surface area contributed by atoms with E-state index >= 15 is 0 Å². The zero-order valence-electron chi connectivity index (χ0n) is 24.9. The standard InChI is InChI=1S/C32H35N9O2S/c1-18(22-9-6-13-40(22)2)43-25-15-24(41-14-5-7-19-17-36-39-31(19)41)37-30(38-25)27(34)20-8-3-11-32(28(20)42)12-4-10-23-26(32)21(16-33)29(35)44-23/h5,7,14-15,17-18,22,34,42H,3-4,6,8-13,35H2,1-2H3/t18-,22-,32-/m0/s1. The number of fused-ring (bicyclic) bond motifs is 3. The smallest absolute Gasteiger partial charge is 0.219 e. The normalized spacial score (nSPS) is 22.7. The minimum Gasteiger partial charge on any atom is -0.511 e. The molecule has 226 valence electrons. The summed E-state index contributed by atoms with van der Waals surface area (Å²) in [5, 5.41) is 40.3. The predicted octanol–water partition coefficient (Wildman–Crippen LogP) is 5.18. The largest absolute Gasteiger partial charge is 0.511 e. The van der Waals surface area contributed by atoms with Crippen LogP contribution in [-0.2, 0) is 11.8 Å². The lowest BCUT2D eigenvalue weighted by molar-refractivity contribution is 0.116. The van der Waals surface area contributed by atoms with E-state index in [0.717, 1.165) is 54.7 Å². The molecule has 5 aliphatic rings. The van der Waals surface area contributed by atoms with Gasteiger partial charge in [-0.1, -0.05) is 0 Å². The highest BCUT2D eigenvalue weighted by molar-refractivity contribution is 7.16. The fraction of sp³-hybridized carbons (Fsp3) is 0.438. The number of thiophene rings is 1. The molecule has 1 fully saturated rings. The highest BCUT2D eigenvalue weighted by Crippen LogP contribution is 2.54. The second kappa shape index (κ2) is 11.0. The van der Waals surface area contributed by atoms with Crippen LogP contribution in [0.2, 0.25) is 0 Å². The monoisotopic (exact) mass is 609 g/mol. The number of hydrogen-bond acceptors (Lipinski definition) is 11. The Labute approximate surface area is 259 Å². The molecule has 0 aromatic carbocycles. The molecule has 11 nitrogen and oxygen atoms in total. The number of nitrogens with two attached hydrogens (primary N) is 1. The first-order chi connectivity index (χ1) is 21.3. The molecule has 0 saturated carbocycles. The van der Waals surface area contributed by atoms with E-state index in [2.05, 4.69) is 35.1 Å². The molecule has 0 radical (unpaired) electrons. The van der Waals surface area contributed by atoms with Crippen molar-refractivity contribution < 1.29 is 9.84 Å². The Hall–Kier alpha value is -4.34. The van der Waals surface area contributed by atoms with Crippen LogP contribution in [0.15, 0.2) is 41.9 Å². The van der Waals surface area contributed by atoms with Gasteiger partial charge < -0.3 is 15.6 Å². The van der Waals surface area contributed by atoms with Crippen molar-refractivity contribution in [1.29, 1.82) is 10.7 Å². The third-order valence-corrected chi connectivity index (χ3v) is 10.7. The van der Waals surface area contributed by atoms with E-state index in [-0.39, 0.29) is 29.4 Å². The SMILES string of the molecule is C[C@H](Oc1cc(-n2cccc3cnnc2-3)nc(C(=N)C2=C(O)[C@@]3(CCC2)CCCc2sc(N)c(C#N)c23)n1)[C@@H]1CCCN1C. The van der Waals surface area contributed by atoms with E-state index in [9.17, 15) is 15.8 Å². The first-order valence-corrected chi connectivity index (χ1v) is 16.0. The zero-order chi connectivity index (χ0) is 30.6. The summed E-state index contributed by atoms with van der Waals surface area (Å²) in [6.07, 6.45) is 9.94. The number of allylic oxidation sites excluding steroid dienone is 2.